The standard InChI is InChI=1S/C33H54O7/c1-18(34)39-26-17-24-29(2,3)25(35)13-15-32(24,7)23-12-14-31(6)20(10-11-22(31)33(23,26)8)19-16-21(40-28(19)38-9)27(36)30(4,5)37/h11,19-21,23-28,35-37H,10,12-17H2,1-9H3/t19-,20-,21+,23+,24-,25+,26+,27-,28-,31-,32+,33-/m0/s1. The number of carbonyl (C=O) groups is 1. The Labute approximate surface area is 241 Å². The second kappa shape index (κ2) is 9.77. The normalized spacial score (nSPS) is 49.0. The molecule has 228 valence electrons. The molecular formula is C33H54O7. The number of hydrogen-bond donors (Lipinski definition) is 3. The number of hydrogen-bond acceptors (Lipinski definition) is 7. The molecule has 3 N–H and O–H groups in total. The molecule has 1 saturated heterocycles. The first kappa shape index (κ1) is 30.5. The van der Waals surface area contributed by atoms with Crippen LogP contribution in [0.15, 0.2) is 11.6 Å². The fourth-order valence-electron chi connectivity index (χ4n) is 10.9. The van der Waals surface area contributed by atoms with Gasteiger partial charge in [-0.1, -0.05) is 46.3 Å². The summed E-state index contributed by atoms with van der Waals surface area (Å²) in [6, 6.07) is 0. The van der Waals surface area contributed by atoms with Gasteiger partial charge in [0.2, 0.25) is 0 Å². The molecular weight excluding hydrogens is 508 g/mol. The molecule has 5 aliphatic rings. The smallest absolute Gasteiger partial charge is 0.302 e. The molecule has 0 unspecified atom stereocenters. The van der Waals surface area contributed by atoms with Gasteiger partial charge in [0, 0.05) is 25.4 Å². The second-order valence-electron chi connectivity index (χ2n) is 15.8. The predicted molar refractivity (Wildman–Crippen MR) is 152 cm³/mol. The van der Waals surface area contributed by atoms with Gasteiger partial charge in [-0.3, -0.25) is 4.79 Å². The van der Waals surface area contributed by atoms with Crippen molar-refractivity contribution >= 4 is 5.97 Å². The van der Waals surface area contributed by atoms with Crippen molar-refractivity contribution in [3.05, 3.63) is 11.6 Å². The minimum absolute atomic E-state index is 0.0435. The fraction of sp³-hybridized carbons (Fsp3) is 0.909. The van der Waals surface area contributed by atoms with E-state index in [0.717, 1.165) is 38.5 Å². The van der Waals surface area contributed by atoms with Crippen LogP contribution in [0.25, 0.3) is 0 Å². The van der Waals surface area contributed by atoms with Crippen LogP contribution in [0, 0.1) is 45.3 Å². The number of methoxy groups -OCH3 is 1. The maximum atomic E-state index is 12.5. The van der Waals surface area contributed by atoms with E-state index in [1.165, 1.54) is 12.5 Å². The van der Waals surface area contributed by atoms with E-state index in [1.807, 2.05) is 0 Å². The van der Waals surface area contributed by atoms with Crippen molar-refractivity contribution in [3.63, 3.8) is 0 Å². The summed E-state index contributed by atoms with van der Waals surface area (Å²) in [4.78, 5) is 12.5. The molecule has 40 heavy (non-hydrogen) atoms. The molecule has 7 heteroatoms. The Hall–Kier alpha value is -0.990. The van der Waals surface area contributed by atoms with Crippen molar-refractivity contribution in [2.45, 2.75) is 137 Å². The SMILES string of the molecule is CO[C@H]1O[C@@H]([C@H](O)C(C)(C)O)C[C@H]1[C@@H]1CC=C2[C@@]3(C)[C@H](CC[C@]21C)[C@@]1(C)CC[C@@H](O)C(C)(C)[C@@H]1C[C@H]3OC(C)=O. The molecule has 4 fully saturated rings. The first-order valence-electron chi connectivity index (χ1n) is 15.6. The zero-order valence-electron chi connectivity index (χ0n) is 26.2. The van der Waals surface area contributed by atoms with E-state index >= 15 is 0 Å². The van der Waals surface area contributed by atoms with Crippen LogP contribution in [-0.2, 0) is 19.0 Å². The van der Waals surface area contributed by atoms with E-state index in [0.29, 0.717) is 12.3 Å². The van der Waals surface area contributed by atoms with Gasteiger partial charge in [0.05, 0.1) is 17.8 Å². The topological polar surface area (TPSA) is 105 Å². The molecule has 0 aromatic rings. The van der Waals surface area contributed by atoms with Gasteiger partial charge < -0.3 is 29.5 Å². The summed E-state index contributed by atoms with van der Waals surface area (Å²) < 4.78 is 18.3. The van der Waals surface area contributed by atoms with Crippen LogP contribution in [0.5, 0.6) is 0 Å². The Bertz CT molecular complexity index is 1030. The van der Waals surface area contributed by atoms with Crippen molar-refractivity contribution in [1.82, 2.24) is 0 Å². The highest BCUT2D eigenvalue weighted by atomic mass is 16.7. The quantitative estimate of drug-likeness (QED) is 0.320. The number of esters is 1. The van der Waals surface area contributed by atoms with Crippen LogP contribution in [0.2, 0.25) is 0 Å². The lowest BCUT2D eigenvalue weighted by Crippen LogP contribution is -2.66. The van der Waals surface area contributed by atoms with E-state index < -0.39 is 24.1 Å². The van der Waals surface area contributed by atoms with Crippen molar-refractivity contribution in [1.29, 1.82) is 0 Å². The van der Waals surface area contributed by atoms with E-state index in [1.54, 1.807) is 21.0 Å². The Morgan fingerprint density at radius 1 is 1.10 bits per heavy atom. The highest BCUT2D eigenvalue weighted by Gasteiger charge is 2.69. The van der Waals surface area contributed by atoms with Crippen LogP contribution in [0.3, 0.4) is 0 Å². The van der Waals surface area contributed by atoms with Gasteiger partial charge in [-0.15, -0.1) is 0 Å². The Morgan fingerprint density at radius 2 is 1.77 bits per heavy atom. The molecule has 1 heterocycles. The molecule has 12 atom stereocenters. The van der Waals surface area contributed by atoms with Gasteiger partial charge in [0.25, 0.3) is 0 Å². The molecule has 3 saturated carbocycles. The largest absolute Gasteiger partial charge is 0.462 e. The van der Waals surface area contributed by atoms with Crippen LogP contribution in [-0.4, -0.2) is 64.7 Å². The molecule has 0 aromatic heterocycles. The van der Waals surface area contributed by atoms with E-state index in [4.69, 9.17) is 14.2 Å². The van der Waals surface area contributed by atoms with Gasteiger partial charge in [0.15, 0.2) is 6.29 Å². The van der Waals surface area contributed by atoms with Crippen LogP contribution < -0.4 is 0 Å². The summed E-state index contributed by atoms with van der Waals surface area (Å²) >= 11 is 0. The molecule has 4 aliphatic carbocycles. The number of ether oxygens (including phenoxy) is 3. The average molecular weight is 563 g/mol. The number of aliphatic hydroxyl groups is 3. The van der Waals surface area contributed by atoms with Crippen molar-refractivity contribution in [2.24, 2.45) is 45.3 Å². The number of fused-ring (bicyclic) bond motifs is 5. The van der Waals surface area contributed by atoms with E-state index in [9.17, 15) is 20.1 Å². The van der Waals surface area contributed by atoms with Crippen LogP contribution in [0.4, 0.5) is 0 Å². The van der Waals surface area contributed by atoms with Crippen molar-refractivity contribution in [3.8, 4) is 0 Å². The average Bonchev–Trinajstić information content (AvgIpc) is 3.43. The molecule has 5 rings (SSSR count). The summed E-state index contributed by atoms with van der Waals surface area (Å²) in [7, 11) is 1.67. The lowest BCUT2D eigenvalue weighted by atomic mass is 9.37. The molecule has 0 amide bonds. The summed E-state index contributed by atoms with van der Waals surface area (Å²) in [5.41, 5.74) is -0.469. The minimum Gasteiger partial charge on any atom is -0.462 e. The lowest BCUT2D eigenvalue weighted by molar-refractivity contribution is -0.223. The van der Waals surface area contributed by atoms with E-state index in [2.05, 4.69) is 40.7 Å². The minimum atomic E-state index is -1.26. The van der Waals surface area contributed by atoms with Crippen LogP contribution >= 0.6 is 0 Å². The van der Waals surface area contributed by atoms with Gasteiger partial charge >= 0.3 is 5.97 Å². The number of rotatable bonds is 5. The summed E-state index contributed by atoms with van der Waals surface area (Å²) in [5.74, 6) is 0.706. The third kappa shape index (κ3) is 4.27. The zero-order chi connectivity index (χ0) is 29.6. The third-order valence-corrected chi connectivity index (χ3v) is 13.0. The van der Waals surface area contributed by atoms with Crippen LogP contribution in [0.1, 0.15) is 100 Å². The van der Waals surface area contributed by atoms with Gasteiger partial charge in [0.1, 0.15) is 12.2 Å². The van der Waals surface area contributed by atoms with Gasteiger partial charge in [-0.2, -0.15) is 0 Å². The molecule has 0 radical (unpaired) electrons. The molecule has 0 aromatic carbocycles. The predicted octanol–water partition coefficient (Wildman–Crippen LogP) is 5.00. The maximum Gasteiger partial charge on any atom is 0.302 e. The van der Waals surface area contributed by atoms with Crippen molar-refractivity contribution in [2.75, 3.05) is 7.11 Å². The molecule has 1 aliphatic heterocycles. The molecule has 0 bridgehead atoms. The molecule has 0 spiro atoms. The first-order chi connectivity index (χ1) is 18.4. The summed E-state index contributed by atoms with van der Waals surface area (Å²) in [6.07, 6.45) is 6.06. The van der Waals surface area contributed by atoms with Gasteiger partial charge in [-0.05, 0) is 92.8 Å². The Balaban J connectivity index is 1.51. The molecule has 7 nitrogen and oxygen atoms in total. The number of carbonyl (C=O) groups excluding carboxylic acids is 1. The monoisotopic (exact) mass is 562 g/mol. The Kier molecular flexibility index (Phi) is 7.44. The Morgan fingerprint density at radius 3 is 2.38 bits per heavy atom. The fourth-order valence-corrected chi connectivity index (χ4v) is 10.9. The van der Waals surface area contributed by atoms with E-state index in [-0.39, 0.29) is 57.6 Å². The number of aliphatic hydroxyl groups excluding tert-OH is 2. The lowest BCUT2D eigenvalue weighted by Gasteiger charge is -2.68. The third-order valence-electron chi connectivity index (χ3n) is 13.0. The maximum absolute atomic E-state index is 12.5. The summed E-state index contributed by atoms with van der Waals surface area (Å²) in [5, 5.41) is 32.4. The second-order valence-corrected chi connectivity index (χ2v) is 15.8. The van der Waals surface area contributed by atoms with Gasteiger partial charge in [-0.25, -0.2) is 0 Å². The van der Waals surface area contributed by atoms with Crippen molar-refractivity contribution < 1.29 is 34.3 Å². The summed E-state index contributed by atoms with van der Waals surface area (Å²) in [6.45, 7) is 16.4. The highest BCUT2D eigenvalue weighted by Crippen LogP contribution is 2.74. The highest BCUT2D eigenvalue weighted by molar-refractivity contribution is 5.66. The zero-order valence-corrected chi connectivity index (χ0v) is 26.2. The number of allylic oxidation sites excluding steroid dienone is 1. The first-order valence-corrected chi connectivity index (χ1v) is 15.6.